The minimum Gasteiger partial charge on any atom is -0.396 e. The Bertz CT molecular complexity index is 1430. The largest absolute Gasteiger partial charge is 0.416 e. The van der Waals surface area contributed by atoms with Crippen LogP contribution in [-0.4, -0.2) is 36.9 Å². The van der Waals surface area contributed by atoms with Crippen LogP contribution in [0, 0.1) is 12.7 Å². The van der Waals surface area contributed by atoms with Crippen LogP contribution in [0.25, 0.3) is 0 Å². The van der Waals surface area contributed by atoms with Crippen molar-refractivity contribution < 1.29 is 27.2 Å². The SMILES string of the molecule is Cc1cc(C(F)(F)F)cc(N2C(=O)CCC2C(=O)N(C)c2cccc(Cl)c2N(C)Cc2ccc(N)c(F)c2)n1. The van der Waals surface area contributed by atoms with Gasteiger partial charge in [0.2, 0.25) is 11.8 Å². The van der Waals surface area contributed by atoms with E-state index in [1.165, 1.54) is 31.0 Å². The normalized spacial score (nSPS) is 15.5. The third-order valence-electron chi connectivity index (χ3n) is 6.53. The molecule has 1 fully saturated rings. The van der Waals surface area contributed by atoms with E-state index in [0.29, 0.717) is 22.0 Å². The average molecular weight is 564 g/mol. The Balaban J connectivity index is 1.66. The third kappa shape index (κ3) is 5.78. The number of halogens is 5. The zero-order valence-corrected chi connectivity index (χ0v) is 22.1. The van der Waals surface area contributed by atoms with E-state index in [0.717, 1.165) is 17.0 Å². The number of rotatable bonds is 6. The lowest BCUT2D eigenvalue weighted by Gasteiger charge is -2.31. The lowest BCUT2D eigenvalue weighted by atomic mass is 10.1. The Hall–Kier alpha value is -3.86. The average Bonchev–Trinajstić information content (AvgIpc) is 3.25. The van der Waals surface area contributed by atoms with Gasteiger partial charge in [-0.15, -0.1) is 0 Å². The highest BCUT2D eigenvalue weighted by atomic mass is 35.5. The molecule has 2 heterocycles. The maximum absolute atomic E-state index is 14.0. The monoisotopic (exact) mass is 563 g/mol. The van der Waals surface area contributed by atoms with Crippen molar-refractivity contribution in [3.63, 3.8) is 0 Å². The first-order chi connectivity index (χ1) is 18.3. The quantitative estimate of drug-likeness (QED) is 0.313. The van der Waals surface area contributed by atoms with Gasteiger partial charge < -0.3 is 15.5 Å². The number of carbonyl (C=O) groups is 2. The number of pyridine rings is 1. The van der Waals surface area contributed by atoms with E-state index >= 15 is 0 Å². The summed E-state index contributed by atoms with van der Waals surface area (Å²) < 4.78 is 54.3. The fraction of sp³-hybridized carbons (Fsp3) is 0.296. The summed E-state index contributed by atoms with van der Waals surface area (Å²) in [5, 5.41) is 0.320. The van der Waals surface area contributed by atoms with Gasteiger partial charge >= 0.3 is 6.18 Å². The summed E-state index contributed by atoms with van der Waals surface area (Å²) in [5.74, 6) is -1.81. The number of hydrogen-bond donors (Lipinski definition) is 1. The number of likely N-dealkylation sites (N-methyl/N-ethyl adjacent to an activating group) is 1. The lowest BCUT2D eigenvalue weighted by Crippen LogP contribution is -2.46. The number of anilines is 4. The van der Waals surface area contributed by atoms with Crippen LogP contribution in [0.1, 0.15) is 29.7 Å². The Labute approximate surface area is 227 Å². The number of nitrogens with zero attached hydrogens (tertiary/aromatic N) is 4. The summed E-state index contributed by atoms with van der Waals surface area (Å²) in [7, 11) is 3.22. The minimum atomic E-state index is -4.64. The standard InChI is InChI=1S/C27H26ClF4N5O2/c1-15-11-17(27(30,31)32)13-23(34-15)37-22(9-10-24(37)38)26(39)36(3)21-6-4-5-18(28)25(21)35(2)14-16-7-8-20(33)19(29)12-16/h4-8,11-13,22H,9-10,14,33H2,1-3H3. The van der Waals surface area contributed by atoms with Gasteiger partial charge in [0.1, 0.15) is 17.7 Å². The van der Waals surface area contributed by atoms with E-state index < -0.39 is 35.4 Å². The van der Waals surface area contributed by atoms with Crippen molar-refractivity contribution in [2.75, 3.05) is 34.5 Å². The van der Waals surface area contributed by atoms with Crippen molar-refractivity contribution in [3.05, 3.63) is 76.2 Å². The van der Waals surface area contributed by atoms with Crippen molar-refractivity contribution in [2.45, 2.75) is 38.5 Å². The zero-order valence-electron chi connectivity index (χ0n) is 21.4. The van der Waals surface area contributed by atoms with Crippen molar-refractivity contribution in [3.8, 4) is 0 Å². The predicted molar refractivity (Wildman–Crippen MR) is 142 cm³/mol. The molecule has 1 aliphatic rings. The smallest absolute Gasteiger partial charge is 0.396 e. The molecule has 1 atom stereocenters. The Morgan fingerprint density at radius 1 is 1.18 bits per heavy atom. The van der Waals surface area contributed by atoms with E-state index in [1.54, 1.807) is 36.2 Å². The molecule has 39 heavy (non-hydrogen) atoms. The van der Waals surface area contributed by atoms with E-state index in [-0.39, 0.29) is 36.6 Å². The van der Waals surface area contributed by atoms with Crippen molar-refractivity contribution in [1.82, 2.24) is 4.98 Å². The molecule has 2 N–H and O–H groups in total. The molecule has 2 aromatic carbocycles. The van der Waals surface area contributed by atoms with Crippen LogP contribution >= 0.6 is 11.6 Å². The molecule has 2 amide bonds. The van der Waals surface area contributed by atoms with Gasteiger partial charge in [0.15, 0.2) is 0 Å². The predicted octanol–water partition coefficient (Wildman–Crippen LogP) is 5.58. The molecule has 7 nitrogen and oxygen atoms in total. The molecule has 0 bridgehead atoms. The van der Waals surface area contributed by atoms with Gasteiger partial charge in [0, 0.05) is 32.8 Å². The van der Waals surface area contributed by atoms with Gasteiger partial charge in [-0.05, 0) is 55.3 Å². The zero-order chi connectivity index (χ0) is 28.6. The first-order valence-electron chi connectivity index (χ1n) is 12.0. The summed E-state index contributed by atoms with van der Waals surface area (Å²) in [6.07, 6.45) is -4.56. The van der Waals surface area contributed by atoms with E-state index in [4.69, 9.17) is 17.3 Å². The van der Waals surface area contributed by atoms with E-state index in [2.05, 4.69) is 4.98 Å². The molecule has 0 radical (unpaired) electrons. The van der Waals surface area contributed by atoms with Gasteiger partial charge in [0.05, 0.1) is 27.6 Å². The fourth-order valence-corrected chi connectivity index (χ4v) is 4.97. The molecule has 4 rings (SSSR count). The molecule has 206 valence electrons. The number of carbonyl (C=O) groups excluding carboxylic acids is 2. The Morgan fingerprint density at radius 2 is 1.90 bits per heavy atom. The van der Waals surface area contributed by atoms with Crippen LogP contribution < -0.4 is 20.4 Å². The topological polar surface area (TPSA) is 82.8 Å². The maximum Gasteiger partial charge on any atom is 0.416 e. The number of nitrogen functional groups attached to an aromatic ring is 1. The van der Waals surface area contributed by atoms with Crippen LogP contribution in [0.3, 0.4) is 0 Å². The molecule has 0 spiro atoms. The lowest BCUT2D eigenvalue weighted by molar-refractivity contribution is -0.137. The van der Waals surface area contributed by atoms with Crippen LogP contribution in [0.2, 0.25) is 5.02 Å². The second-order valence-corrected chi connectivity index (χ2v) is 9.80. The first-order valence-corrected chi connectivity index (χ1v) is 12.3. The van der Waals surface area contributed by atoms with Gasteiger partial charge in [-0.1, -0.05) is 23.7 Å². The van der Waals surface area contributed by atoms with Crippen molar-refractivity contribution >= 4 is 46.3 Å². The summed E-state index contributed by atoms with van der Waals surface area (Å²) in [6.45, 7) is 1.63. The molecule has 1 saturated heterocycles. The number of amides is 2. The van der Waals surface area contributed by atoms with Crippen LogP contribution in [-0.2, 0) is 22.3 Å². The Morgan fingerprint density at radius 3 is 2.56 bits per heavy atom. The summed E-state index contributed by atoms with van der Waals surface area (Å²) >= 11 is 6.53. The van der Waals surface area contributed by atoms with Gasteiger partial charge in [0.25, 0.3) is 0 Å². The fourth-order valence-electron chi connectivity index (χ4n) is 4.66. The molecule has 1 unspecified atom stereocenters. The number of aromatic nitrogens is 1. The third-order valence-corrected chi connectivity index (χ3v) is 6.84. The molecular formula is C27H26ClF4N5O2. The van der Waals surface area contributed by atoms with Gasteiger partial charge in [-0.3, -0.25) is 14.5 Å². The number of alkyl halides is 3. The highest BCUT2D eigenvalue weighted by Gasteiger charge is 2.41. The molecule has 1 aliphatic heterocycles. The molecule has 3 aromatic rings. The molecule has 1 aromatic heterocycles. The number of nitrogens with two attached hydrogens (primary N) is 1. The highest BCUT2D eigenvalue weighted by molar-refractivity contribution is 6.34. The molecule has 0 saturated carbocycles. The summed E-state index contributed by atoms with van der Waals surface area (Å²) in [5.41, 5.74) is 6.18. The van der Waals surface area contributed by atoms with Crippen LogP contribution in [0.4, 0.5) is 40.4 Å². The molecule has 12 heteroatoms. The number of hydrogen-bond acceptors (Lipinski definition) is 5. The number of benzene rings is 2. The van der Waals surface area contributed by atoms with Crippen LogP contribution in [0.15, 0.2) is 48.5 Å². The summed E-state index contributed by atoms with van der Waals surface area (Å²) in [4.78, 5) is 34.7. The maximum atomic E-state index is 14.0. The highest BCUT2D eigenvalue weighted by Crippen LogP contribution is 2.38. The molecular weight excluding hydrogens is 538 g/mol. The van der Waals surface area contributed by atoms with E-state index in [9.17, 15) is 27.2 Å². The minimum absolute atomic E-state index is 0.0197. The number of aryl methyl sites for hydroxylation is 1. The Kier molecular flexibility index (Phi) is 7.74. The second-order valence-electron chi connectivity index (χ2n) is 9.39. The second kappa shape index (κ2) is 10.7. The van der Waals surface area contributed by atoms with Gasteiger partial charge in [-0.2, -0.15) is 13.2 Å². The van der Waals surface area contributed by atoms with Crippen molar-refractivity contribution in [2.24, 2.45) is 0 Å². The first kappa shape index (κ1) is 28.2. The van der Waals surface area contributed by atoms with Crippen LogP contribution in [0.5, 0.6) is 0 Å². The summed E-state index contributed by atoms with van der Waals surface area (Å²) in [6, 6.07) is 9.98. The van der Waals surface area contributed by atoms with Crippen molar-refractivity contribution in [1.29, 1.82) is 0 Å². The van der Waals surface area contributed by atoms with Gasteiger partial charge in [-0.25, -0.2) is 9.37 Å². The number of para-hydroxylation sites is 1. The molecule has 0 aliphatic carbocycles. The van der Waals surface area contributed by atoms with E-state index in [1.807, 2.05) is 0 Å².